The summed E-state index contributed by atoms with van der Waals surface area (Å²) in [7, 11) is -3.13. The molecule has 0 spiro atoms. The molecule has 0 saturated carbocycles. The molecule has 1 aromatic carbocycles. The van der Waals surface area contributed by atoms with Crippen molar-refractivity contribution in [1.82, 2.24) is 5.32 Å². The molecule has 0 radical (unpaired) electrons. The molecule has 7 heteroatoms. The molecule has 1 unspecified atom stereocenters. The molecular formula is C27H37NO4S2. The first kappa shape index (κ1) is 28.1. The van der Waals surface area contributed by atoms with Crippen molar-refractivity contribution in [2.45, 2.75) is 71.8 Å². The third-order valence-electron chi connectivity index (χ3n) is 6.50. The van der Waals surface area contributed by atoms with Gasteiger partial charge in [-0.3, -0.25) is 4.79 Å². The van der Waals surface area contributed by atoms with E-state index < -0.39 is 15.4 Å². The molecule has 1 amide bonds. The van der Waals surface area contributed by atoms with Gasteiger partial charge in [0.1, 0.15) is 15.4 Å². The Kier molecular flexibility index (Phi) is 9.15. The fourth-order valence-electron chi connectivity index (χ4n) is 3.91. The van der Waals surface area contributed by atoms with E-state index in [1.165, 1.54) is 16.9 Å². The lowest BCUT2D eigenvalue weighted by atomic mass is 9.74. The van der Waals surface area contributed by atoms with Crippen molar-refractivity contribution in [1.29, 1.82) is 0 Å². The van der Waals surface area contributed by atoms with Gasteiger partial charge < -0.3 is 10.4 Å². The minimum absolute atomic E-state index is 0.0773. The van der Waals surface area contributed by atoms with Gasteiger partial charge in [-0.25, -0.2) is 8.42 Å². The molecule has 2 N–H and O–H groups in total. The minimum Gasteiger partial charge on any atom is -0.378 e. The highest BCUT2D eigenvalue weighted by Gasteiger charge is 2.34. The second-order valence-electron chi connectivity index (χ2n) is 9.20. The maximum absolute atomic E-state index is 12.8. The van der Waals surface area contributed by atoms with Crippen molar-refractivity contribution in [3.63, 3.8) is 0 Å². The molecule has 2 aromatic rings. The molecule has 1 heterocycles. The zero-order valence-electron chi connectivity index (χ0n) is 21.3. The first-order valence-electron chi connectivity index (χ1n) is 11.7. The molecule has 34 heavy (non-hydrogen) atoms. The molecule has 0 aliphatic heterocycles. The van der Waals surface area contributed by atoms with Gasteiger partial charge >= 0.3 is 0 Å². The maximum Gasteiger partial charge on any atom is 0.261 e. The van der Waals surface area contributed by atoms with E-state index in [1.54, 1.807) is 6.92 Å². The number of rotatable bonds is 9. The summed E-state index contributed by atoms with van der Waals surface area (Å²) in [6.07, 6.45) is 3.46. The highest BCUT2D eigenvalue weighted by molar-refractivity contribution is 7.90. The van der Waals surface area contributed by atoms with E-state index in [9.17, 15) is 18.3 Å². The number of thiophene rings is 1. The third-order valence-corrected chi connectivity index (χ3v) is 8.88. The van der Waals surface area contributed by atoms with Crippen LogP contribution in [0.5, 0.6) is 0 Å². The molecule has 0 bridgehead atoms. The van der Waals surface area contributed by atoms with E-state index in [0.717, 1.165) is 40.7 Å². The van der Waals surface area contributed by atoms with Crippen LogP contribution in [0.15, 0.2) is 24.3 Å². The number of nitrogens with one attached hydrogen (secondary N) is 1. The van der Waals surface area contributed by atoms with Crippen LogP contribution in [0.3, 0.4) is 0 Å². The fourth-order valence-corrected chi connectivity index (χ4v) is 5.83. The first-order chi connectivity index (χ1) is 15.8. The van der Waals surface area contributed by atoms with Gasteiger partial charge in [-0.1, -0.05) is 44.7 Å². The van der Waals surface area contributed by atoms with Crippen LogP contribution in [-0.2, 0) is 15.3 Å². The van der Waals surface area contributed by atoms with Crippen molar-refractivity contribution in [3.05, 3.63) is 56.3 Å². The van der Waals surface area contributed by atoms with Crippen LogP contribution in [-0.4, -0.2) is 43.6 Å². The summed E-state index contributed by atoms with van der Waals surface area (Å²) in [4.78, 5) is 14.5. The Morgan fingerprint density at radius 1 is 1.09 bits per heavy atom. The lowest BCUT2D eigenvalue weighted by Crippen LogP contribution is -2.28. The summed E-state index contributed by atoms with van der Waals surface area (Å²) in [6.45, 7) is 12.0. The highest BCUT2D eigenvalue weighted by Crippen LogP contribution is 2.43. The van der Waals surface area contributed by atoms with E-state index >= 15 is 0 Å². The monoisotopic (exact) mass is 503 g/mol. The predicted molar refractivity (Wildman–Crippen MR) is 141 cm³/mol. The van der Waals surface area contributed by atoms with E-state index in [2.05, 4.69) is 49.2 Å². The number of carbonyl (C=O) groups excluding carboxylic acids is 1. The minimum atomic E-state index is -3.13. The Bertz CT molecular complexity index is 1190. The smallest absolute Gasteiger partial charge is 0.261 e. The van der Waals surface area contributed by atoms with Crippen LogP contribution in [0.2, 0.25) is 0 Å². The Morgan fingerprint density at radius 3 is 2.26 bits per heavy atom. The molecule has 5 nitrogen and oxygen atoms in total. The summed E-state index contributed by atoms with van der Waals surface area (Å²) < 4.78 is 22.7. The molecular weight excluding hydrogens is 466 g/mol. The molecule has 0 fully saturated rings. The van der Waals surface area contributed by atoms with Crippen LogP contribution in [0.1, 0.15) is 83.8 Å². The van der Waals surface area contributed by atoms with Gasteiger partial charge in [-0.2, -0.15) is 0 Å². The topological polar surface area (TPSA) is 83.5 Å². The number of aryl methyl sites for hydroxylation is 2. The van der Waals surface area contributed by atoms with Gasteiger partial charge in [0.2, 0.25) is 0 Å². The summed E-state index contributed by atoms with van der Waals surface area (Å²) in [5, 5.41) is 13.0. The van der Waals surface area contributed by atoms with Crippen LogP contribution in [0.4, 0.5) is 0 Å². The van der Waals surface area contributed by atoms with Crippen molar-refractivity contribution < 1.29 is 18.3 Å². The van der Waals surface area contributed by atoms with Crippen LogP contribution >= 0.6 is 11.3 Å². The molecule has 1 atom stereocenters. The molecule has 186 valence electrons. The van der Waals surface area contributed by atoms with Crippen molar-refractivity contribution in [2.24, 2.45) is 0 Å². The number of benzene rings is 1. The predicted octanol–water partition coefficient (Wildman–Crippen LogP) is 4.76. The lowest BCUT2D eigenvalue weighted by molar-refractivity contribution is 0.0959. The standard InChI is InChI=1S/C27H37NO4S2/c1-8-26(6,30)14-13-21-11-12-22(17-19(21)4)27(9-2,10-3)23-18-20(5)24(33-23)25(29)28-15-16-34(7,31)32/h11-12,17-18,30H,8-10,15-16H2,1-7H3,(H,28,29). The van der Waals surface area contributed by atoms with Gasteiger partial charge in [0.25, 0.3) is 5.91 Å². The number of hydrogen-bond donors (Lipinski definition) is 2. The van der Waals surface area contributed by atoms with Crippen LogP contribution in [0, 0.1) is 25.7 Å². The second kappa shape index (κ2) is 11.1. The Hall–Kier alpha value is -2.14. The van der Waals surface area contributed by atoms with Gasteiger partial charge in [0, 0.05) is 28.7 Å². The van der Waals surface area contributed by atoms with Gasteiger partial charge in [0.15, 0.2) is 0 Å². The van der Waals surface area contributed by atoms with Gasteiger partial charge in [-0.05, 0) is 68.9 Å². The Balaban J connectivity index is 2.41. The average molecular weight is 504 g/mol. The quantitative estimate of drug-likeness (QED) is 0.484. The number of aliphatic hydroxyl groups is 1. The van der Waals surface area contributed by atoms with E-state index in [0.29, 0.717) is 11.3 Å². The molecule has 0 aliphatic rings. The summed E-state index contributed by atoms with van der Waals surface area (Å²) in [5.41, 5.74) is 2.76. The maximum atomic E-state index is 12.8. The largest absolute Gasteiger partial charge is 0.378 e. The fraction of sp³-hybridized carbons (Fsp3) is 0.519. The SMILES string of the molecule is CCC(C)(O)C#Cc1ccc(C(CC)(CC)c2cc(C)c(C(=O)NCCS(C)(=O)=O)s2)cc1C. The van der Waals surface area contributed by atoms with Gasteiger partial charge in [-0.15, -0.1) is 11.3 Å². The molecule has 1 aromatic heterocycles. The third kappa shape index (κ3) is 6.71. The average Bonchev–Trinajstić information content (AvgIpc) is 3.15. The Morgan fingerprint density at radius 2 is 1.74 bits per heavy atom. The zero-order valence-corrected chi connectivity index (χ0v) is 23.0. The summed E-state index contributed by atoms with van der Waals surface area (Å²) in [5.74, 6) is 5.77. The second-order valence-corrected chi connectivity index (χ2v) is 12.5. The van der Waals surface area contributed by atoms with Gasteiger partial charge in [0.05, 0.1) is 10.6 Å². The number of sulfone groups is 1. The normalized spacial score (nSPS) is 13.6. The number of hydrogen-bond acceptors (Lipinski definition) is 5. The molecule has 0 saturated heterocycles. The summed E-state index contributed by atoms with van der Waals surface area (Å²) in [6, 6.07) is 8.37. The molecule has 2 rings (SSSR count). The van der Waals surface area contributed by atoms with Crippen molar-refractivity contribution in [2.75, 3.05) is 18.6 Å². The van der Waals surface area contributed by atoms with Crippen LogP contribution < -0.4 is 5.32 Å². The van der Waals surface area contributed by atoms with E-state index in [-0.39, 0.29) is 23.6 Å². The Labute approximate surface area is 208 Å². The highest BCUT2D eigenvalue weighted by atomic mass is 32.2. The van der Waals surface area contributed by atoms with Crippen molar-refractivity contribution >= 4 is 27.1 Å². The number of amides is 1. The van der Waals surface area contributed by atoms with Crippen LogP contribution in [0.25, 0.3) is 0 Å². The summed E-state index contributed by atoms with van der Waals surface area (Å²) >= 11 is 1.48. The number of carbonyl (C=O) groups is 1. The molecule has 0 aliphatic carbocycles. The first-order valence-corrected chi connectivity index (χ1v) is 14.6. The van der Waals surface area contributed by atoms with Crippen molar-refractivity contribution in [3.8, 4) is 11.8 Å². The zero-order chi connectivity index (χ0) is 25.7. The lowest BCUT2D eigenvalue weighted by Gasteiger charge is -2.32. The van der Waals surface area contributed by atoms with E-state index in [1.807, 2.05) is 26.8 Å². The van der Waals surface area contributed by atoms with E-state index in [4.69, 9.17) is 0 Å².